The van der Waals surface area contributed by atoms with Crippen molar-refractivity contribution in [1.29, 1.82) is 0 Å². The molecule has 0 N–H and O–H groups in total. The monoisotopic (exact) mass is 381 g/mol. The van der Waals surface area contributed by atoms with Gasteiger partial charge in [-0.25, -0.2) is 0 Å². The van der Waals surface area contributed by atoms with Crippen LogP contribution in [0.1, 0.15) is 63.8 Å². The lowest BCUT2D eigenvalue weighted by atomic mass is 9.59. The summed E-state index contributed by atoms with van der Waals surface area (Å²) in [5, 5.41) is 0. The van der Waals surface area contributed by atoms with Crippen molar-refractivity contribution in [2.75, 3.05) is 11.9 Å². The molecule has 1 heteroatoms. The number of hydrogen-bond donors (Lipinski definition) is 0. The topological polar surface area (TPSA) is 3.24 Å². The smallest absolute Gasteiger partial charge is 0.0453 e. The molecule has 0 fully saturated rings. The number of fused-ring (bicyclic) bond motifs is 6. The lowest BCUT2D eigenvalue weighted by molar-refractivity contribution is 0.307. The third-order valence-electron chi connectivity index (χ3n) is 8.21. The molecule has 3 aromatic carbocycles. The van der Waals surface area contributed by atoms with E-state index >= 15 is 0 Å². The van der Waals surface area contributed by atoms with Gasteiger partial charge in [-0.15, -0.1) is 0 Å². The van der Waals surface area contributed by atoms with E-state index < -0.39 is 0 Å². The Morgan fingerprint density at radius 1 is 0.586 bits per heavy atom. The van der Waals surface area contributed by atoms with Crippen LogP contribution in [0.3, 0.4) is 0 Å². The summed E-state index contributed by atoms with van der Waals surface area (Å²) in [6, 6.07) is 22.7. The molecule has 0 amide bonds. The molecule has 0 bridgehead atoms. The van der Waals surface area contributed by atoms with E-state index in [1.807, 2.05) is 0 Å². The number of anilines is 2. The van der Waals surface area contributed by atoms with E-state index in [1.54, 1.807) is 0 Å². The van der Waals surface area contributed by atoms with Gasteiger partial charge >= 0.3 is 0 Å². The maximum atomic E-state index is 2.44. The van der Waals surface area contributed by atoms with Crippen LogP contribution in [0.25, 0.3) is 11.1 Å². The van der Waals surface area contributed by atoms with Crippen molar-refractivity contribution in [3.63, 3.8) is 0 Å². The first-order valence-corrected chi connectivity index (χ1v) is 10.7. The van der Waals surface area contributed by atoms with Crippen LogP contribution >= 0.6 is 0 Å². The van der Waals surface area contributed by atoms with Crippen molar-refractivity contribution in [1.82, 2.24) is 0 Å². The van der Waals surface area contributed by atoms with Crippen LogP contribution in [-0.4, -0.2) is 7.05 Å². The minimum atomic E-state index is -0.0396. The molecule has 0 aromatic heterocycles. The molecule has 0 radical (unpaired) electrons. The summed E-state index contributed by atoms with van der Waals surface area (Å²) in [5.74, 6) is 0. The molecule has 1 nitrogen and oxygen atoms in total. The number of para-hydroxylation sites is 1. The summed E-state index contributed by atoms with van der Waals surface area (Å²) < 4.78 is 0. The lowest BCUT2D eigenvalue weighted by Crippen LogP contribution is -2.40. The van der Waals surface area contributed by atoms with Crippen LogP contribution in [0.2, 0.25) is 0 Å². The van der Waals surface area contributed by atoms with E-state index in [0.29, 0.717) is 0 Å². The molecule has 1 aliphatic carbocycles. The molecular formula is C28H31N. The normalized spacial score (nSPS) is 19.6. The Morgan fingerprint density at radius 3 is 1.93 bits per heavy atom. The van der Waals surface area contributed by atoms with Crippen LogP contribution < -0.4 is 4.90 Å². The molecule has 5 rings (SSSR count). The molecule has 0 saturated carbocycles. The second-order valence-corrected chi connectivity index (χ2v) is 10.4. The Morgan fingerprint density at radius 2 is 1.21 bits per heavy atom. The van der Waals surface area contributed by atoms with Gasteiger partial charge in [0.05, 0.1) is 0 Å². The molecule has 0 unspecified atom stereocenters. The summed E-state index contributed by atoms with van der Waals surface area (Å²) in [7, 11) is 2.23. The largest absolute Gasteiger partial charge is 0.344 e. The third kappa shape index (κ3) is 2.11. The van der Waals surface area contributed by atoms with Crippen LogP contribution in [-0.2, 0) is 16.2 Å². The maximum absolute atomic E-state index is 2.44. The van der Waals surface area contributed by atoms with Crippen molar-refractivity contribution in [2.24, 2.45) is 0 Å². The molecule has 0 saturated heterocycles. The molecule has 0 atom stereocenters. The van der Waals surface area contributed by atoms with Crippen molar-refractivity contribution in [2.45, 2.75) is 57.8 Å². The zero-order chi connectivity index (χ0) is 20.8. The summed E-state index contributed by atoms with van der Waals surface area (Å²) in [5.41, 5.74) is 11.3. The second-order valence-electron chi connectivity index (χ2n) is 10.4. The first-order valence-electron chi connectivity index (χ1n) is 10.7. The minimum Gasteiger partial charge on any atom is -0.344 e. The van der Waals surface area contributed by atoms with Gasteiger partial charge in [-0.3, -0.25) is 0 Å². The summed E-state index contributed by atoms with van der Waals surface area (Å²) in [6.07, 6.45) is 0. The van der Waals surface area contributed by atoms with Gasteiger partial charge in [-0.2, -0.15) is 0 Å². The zero-order valence-electron chi connectivity index (χ0n) is 18.7. The summed E-state index contributed by atoms with van der Waals surface area (Å²) in [6.45, 7) is 14.5. The highest BCUT2D eigenvalue weighted by molar-refractivity contribution is 5.90. The number of rotatable bonds is 0. The first-order chi connectivity index (χ1) is 13.6. The third-order valence-corrected chi connectivity index (χ3v) is 8.21. The van der Waals surface area contributed by atoms with Gasteiger partial charge in [0.25, 0.3) is 0 Å². The Bertz CT molecular complexity index is 1150. The molecule has 148 valence electrons. The molecule has 3 aromatic rings. The van der Waals surface area contributed by atoms with Gasteiger partial charge in [0.15, 0.2) is 0 Å². The van der Waals surface area contributed by atoms with Crippen molar-refractivity contribution in [3.8, 4) is 11.1 Å². The maximum Gasteiger partial charge on any atom is 0.0453 e. The highest BCUT2D eigenvalue weighted by Crippen LogP contribution is 2.60. The van der Waals surface area contributed by atoms with Gasteiger partial charge in [-0.1, -0.05) is 90.1 Å². The Hall–Kier alpha value is -2.54. The Kier molecular flexibility index (Phi) is 3.53. The average Bonchev–Trinajstić information content (AvgIpc) is 2.91. The molecule has 0 spiro atoms. The predicted octanol–water partition coefficient (Wildman–Crippen LogP) is 7.33. The van der Waals surface area contributed by atoms with E-state index in [0.717, 1.165) is 0 Å². The molecule has 1 heterocycles. The molecule has 29 heavy (non-hydrogen) atoms. The van der Waals surface area contributed by atoms with E-state index in [2.05, 4.69) is 114 Å². The van der Waals surface area contributed by atoms with Crippen molar-refractivity contribution >= 4 is 11.4 Å². The quantitative estimate of drug-likeness (QED) is 0.394. The minimum absolute atomic E-state index is 0.0140. The van der Waals surface area contributed by atoms with Crippen LogP contribution in [0.15, 0.2) is 60.7 Å². The van der Waals surface area contributed by atoms with Crippen LogP contribution in [0.4, 0.5) is 11.4 Å². The zero-order valence-corrected chi connectivity index (χ0v) is 18.7. The highest BCUT2D eigenvalue weighted by Gasteiger charge is 2.49. The van der Waals surface area contributed by atoms with Gasteiger partial charge in [-0.05, 0) is 45.5 Å². The average molecular weight is 382 g/mol. The lowest BCUT2D eigenvalue weighted by Gasteiger charge is -2.43. The van der Waals surface area contributed by atoms with Crippen molar-refractivity contribution in [3.05, 3.63) is 82.9 Å². The van der Waals surface area contributed by atoms with Gasteiger partial charge in [0, 0.05) is 34.7 Å². The van der Waals surface area contributed by atoms with Gasteiger partial charge in [0.2, 0.25) is 0 Å². The van der Waals surface area contributed by atoms with Gasteiger partial charge < -0.3 is 4.90 Å². The number of benzene rings is 3. The fourth-order valence-corrected chi connectivity index (χ4v) is 5.77. The summed E-state index contributed by atoms with van der Waals surface area (Å²) in [4.78, 5) is 2.41. The Balaban J connectivity index is 1.95. The standard InChI is InChI=1S/C28H31N/c1-26(2)19-13-9-8-12-18(19)24-21(26)16-17-23-25(24)28(5,6)27(3,4)20-14-10-11-15-22(20)29(23)7/h8-17H,1-7H3. The molecular weight excluding hydrogens is 350 g/mol. The Labute approximate surface area is 175 Å². The van der Waals surface area contributed by atoms with Crippen molar-refractivity contribution < 1.29 is 0 Å². The van der Waals surface area contributed by atoms with E-state index in [4.69, 9.17) is 0 Å². The predicted molar refractivity (Wildman–Crippen MR) is 125 cm³/mol. The SMILES string of the molecule is CN1c2ccccc2C(C)(C)C(C)(C)c2c1ccc1c2-c2ccccc2C1(C)C. The fourth-order valence-electron chi connectivity index (χ4n) is 5.77. The van der Waals surface area contributed by atoms with Crippen LogP contribution in [0.5, 0.6) is 0 Å². The summed E-state index contributed by atoms with van der Waals surface area (Å²) >= 11 is 0. The number of nitrogens with zero attached hydrogens (tertiary/aromatic N) is 1. The fraction of sp³-hybridized carbons (Fsp3) is 0.357. The second kappa shape index (κ2) is 5.53. The van der Waals surface area contributed by atoms with Crippen LogP contribution in [0, 0.1) is 0 Å². The molecule has 2 aliphatic rings. The molecule has 1 aliphatic heterocycles. The van der Waals surface area contributed by atoms with E-state index in [1.165, 1.54) is 44.8 Å². The first kappa shape index (κ1) is 18.5. The number of hydrogen-bond acceptors (Lipinski definition) is 1. The highest BCUT2D eigenvalue weighted by atomic mass is 15.1. The van der Waals surface area contributed by atoms with E-state index in [-0.39, 0.29) is 16.2 Å². The van der Waals surface area contributed by atoms with E-state index in [9.17, 15) is 0 Å². The van der Waals surface area contributed by atoms with Gasteiger partial charge in [0.1, 0.15) is 0 Å².